The van der Waals surface area contributed by atoms with E-state index >= 15 is 0 Å². The third-order valence-corrected chi connectivity index (χ3v) is 5.52. The lowest BCUT2D eigenvalue weighted by Gasteiger charge is -2.14. The number of amides is 2. The van der Waals surface area contributed by atoms with E-state index < -0.39 is 6.04 Å². The summed E-state index contributed by atoms with van der Waals surface area (Å²) in [5.74, 6) is 0.926. The van der Waals surface area contributed by atoms with Gasteiger partial charge in [-0.2, -0.15) is 0 Å². The van der Waals surface area contributed by atoms with E-state index in [1.165, 1.54) is 31.8 Å². The molecular weight excluding hydrogens is 390 g/mol. The van der Waals surface area contributed by atoms with Crippen molar-refractivity contribution in [3.8, 4) is 5.75 Å². The number of benzene rings is 2. The Morgan fingerprint density at radius 1 is 1.03 bits per heavy atom. The van der Waals surface area contributed by atoms with Gasteiger partial charge in [-0.15, -0.1) is 0 Å². The van der Waals surface area contributed by atoms with Gasteiger partial charge >= 0.3 is 0 Å². The van der Waals surface area contributed by atoms with Crippen LogP contribution in [-0.2, 0) is 9.59 Å². The summed E-state index contributed by atoms with van der Waals surface area (Å²) in [7, 11) is 1.60. The minimum atomic E-state index is -0.659. The molecule has 6 nitrogen and oxygen atoms in total. The first-order chi connectivity index (χ1) is 15.0. The molecule has 1 unspecified atom stereocenters. The molecule has 0 aromatic heterocycles. The molecule has 1 aliphatic carbocycles. The maximum atomic E-state index is 12.4. The van der Waals surface area contributed by atoms with Crippen molar-refractivity contribution in [3.63, 3.8) is 0 Å². The fourth-order valence-corrected chi connectivity index (χ4v) is 3.61. The van der Waals surface area contributed by atoms with Crippen molar-refractivity contribution in [2.24, 2.45) is 5.92 Å². The van der Waals surface area contributed by atoms with Crippen LogP contribution in [0.25, 0.3) is 6.08 Å². The lowest BCUT2D eigenvalue weighted by Crippen LogP contribution is -2.40. The number of ether oxygens (including phenoxy) is 1. The van der Waals surface area contributed by atoms with E-state index in [-0.39, 0.29) is 11.8 Å². The third kappa shape index (κ3) is 7.17. The summed E-state index contributed by atoms with van der Waals surface area (Å²) in [6, 6.07) is 14.4. The van der Waals surface area contributed by atoms with Gasteiger partial charge in [0.05, 0.1) is 7.11 Å². The van der Waals surface area contributed by atoms with E-state index in [0.29, 0.717) is 5.69 Å². The Labute approximate surface area is 184 Å². The molecule has 0 aliphatic heterocycles. The predicted molar refractivity (Wildman–Crippen MR) is 125 cm³/mol. The van der Waals surface area contributed by atoms with Gasteiger partial charge in [0.25, 0.3) is 0 Å². The fourth-order valence-electron chi connectivity index (χ4n) is 3.61. The van der Waals surface area contributed by atoms with Gasteiger partial charge in [0.2, 0.25) is 11.8 Å². The minimum Gasteiger partial charge on any atom is -0.497 e. The lowest BCUT2D eigenvalue weighted by atomic mass is 10.1. The molecule has 2 aromatic carbocycles. The van der Waals surface area contributed by atoms with E-state index in [9.17, 15) is 9.59 Å². The van der Waals surface area contributed by atoms with E-state index in [4.69, 9.17) is 4.74 Å². The van der Waals surface area contributed by atoms with Crippen LogP contribution in [0.3, 0.4) is 0 Å². The first-order valence-electron chi connectivity index (χ1n) is 10.8. The van der Waals surface area contributed by atoms with Gasteiger partial charge in [0.1, 0.15) is 11.8 Å². The van der Waals surface area contributed by atoms with Crippen LogP contribution in [0.2, 0.25) is 0 Å². The van der Waals surface area contributed by atoms with Crippen LogP contribution in [0.15, 0.2) is 54.6 Å². The Hall–Kier alpha value is -3.28. The number of anilines is 2. The van der Waals surface area contributed by atoms with Crippen molar-refractivity contribution in [2.75, 3.05) is 24.3 Å². The highest BCUT2D eigenvalue weighted by Gasteiger charge is 2.15. The number of hydrogen-bond donors (Lipinski definition) is 3. The van der Waals surface area contributed by atoms with E-state index in [1.54, 1.807) is 20.1 Å². The van der Waals surface area contributed by atoms with Crippen molar-refractivity contribution in [1.82, 2.24) is 5.32 Å². The molecule has 0 spiro atoms. The molecule has 0 bridgehead atoms. The van der Waals surface area contributed by atoms with Crippen LogP contribution in [0.5, 0.6) is 5.75 Å². The highest BCUT2D eigenvalue weighted by molar-refractivity contribution is 5.99. The summed E-state index contributed by atoms with van der Waals surface area (Å²) >= 11 is 0. The largest absolute Gasteiger partial charge is 0.497 e. The van der Waals surface area contributed by atoms with Crippen LogP contribution >= 0.6 is 0 Å². The summed E-state index contributed by atoms with van der Waals surface area (Å²) in [5.41, 5.74) is 2.62. The van der Waals surface area contributed by atoms with Gasteiger partial charge < -0.3 is 20.7 Å². The Bertz CT molecular complexity index is 885. The second kappa shape index (κ2) is 11.2. The van der Waals surface area contributed by atoms with Gasteiger partial charge in [-0.3, -0.25) is 9.59 Å². The topological polar surface area (TPSA) is 79.5 Å². The standard InChI is InChI=1S/C25H31N3O3/c1-18(27-24(29)16-9-19-7-14-23(31-2)15-8-19)25(30)28-22-12-10-21(11-13-22)26-17-20-5-3-4-6-20/h7-16,18,20,26H,3-6,17H2,1-2H3,(H,27,29)(H,28,30)/b16-9+. The molecule has 1 saturated carbocycles. The zero-order valence-electron chi connectivity index (χ0n) is 18.2. The molecule has 6 heteroatoms. The average molecular weight is 422 g/mol. The molecule has 2 amide bonds. The van der Waals surface area contributed by atoms with E-state index in [1.807, 2.05) is 48.5 Å². The summed E-state index contributed by atoms with van der Waals surface area (Å²) in [5, 5.41) is 8.98. The van der Waals surface area contributed by atoms with Crippen molar-refractivity contribution in [1.29, 1.82) is 0 Å². The maximum absolute atomic E-state index is 12.4. The predicted octanol–water partition coefficient (Wildman–Crippen LogP) is 4.45. The summed E-state index contributed by atoms with van der Waals surface area (Å²) in [4.78, 5) is 24.5. The third-order valence-electron chi connectivity index (χ3n) is 5.52. The molecule has 0 saturated heterocycles. The average Bonchev–Trinajstić information content (AvgIpc) is 3.31. The van der Waals surface area contributed by atoms with E-state index in [0.717, 1.165) is 29.5 Å². The zero-order chi connectivity index (χ0) is 22.1. The van der Waals surface area contributed by atoms with Crippen LogP contribution in [0.4, 0.5) is 11.4 Å². The second-order valence-electron chi connectivity index (χ2n) is 7.93. The van der Waals surface area contributed by atoms with Gasteiger partial charge in [-0.05, 0) is 73.7 Å². The Morgan fingerprint density at radius 3 is 2.32 bits per heavy atom. The van der Waals surface area contributed by atoms with Gasteiger partial charge in [0.15, 0.2) is 0 Å². The Kier molecular flexibility index (Phi) is 8.10. The molecule has 3 rings (SSSR count). The van der Waals surface area contributed by atoms with Crippen molar-refractivity contribution in [2.45, 2.75) is 38.6 Å². The molecule has 1 fully saturated rings. The molecule has 0 radical (unpaired) electrons. The number of carbonyl (C=O) groups is 2. The minimum absolute atomic E-state index is 0.266. The molecule has 164 valence electrons. The second-order valence-corrected chi connectivity index (χ2v) is 7.93. The molecule has 1 aliphatic rings. The van der Waals surface area contributed by atoms with Gasteiger partial charge in [-0.25, -0.2) is 0 Å². The molecule has 1 atom stereocenters. The van der Waals surface area contributed by atoms with Crippen LogP contribution in [0, 0.1) is 5.92 Å². The van der Waals surface area contributed by atoms with Crippen LogP contribution in [-0.4, -0.2) is 31.5 Å². The normalized spacial score (nSPS) is 14.9. The van der Waals surface area contributed by atoms with Crippen molar-refractivity contribution in [3.05, 3.63) is 60.2 Å². The monoisotopic (exact) mass is 421 g/mol. The SMILES string of the molecule is COc1ccc(/C=C/C(=O)NC(C)C(=O)Nc2ccc(NCC3CCCC3)cc2)cc1. The maximum Gasteiger partial charge on any atom is 0.246 e. The molecule has 2 aromatic rings. The van der Waals surface area contributed by atoms with Crippen LogP contribution in [0.1, 0.15) is 38.2 Å². The number of rotatable bonds is 9. The number of hydrogen-bond acceptors (Lipinski definition) is 4. The van der Waals surface area contributed by atoms with Crippen LogP contribution < -0.4 is 20.7 Å². The summed E-state index contributed by atoms with van der Waals surface area (Å²) in [6.45, 7) is 2.66. The highest BCUT2D eigenvalue weighted by atomic mass is 16.5. The fraction of sp³-hybridized carbons (Fsp3) is 0.360. The van der Waals surface area contributed by atoms with Gasteiger partial charge in [-0.1, -0.05) is 25.0 Å². The quantitative estimate of drug-likeness (QED) is 0.523. The first-order valence-corrected chi connectivity index (χ1v) is 10.8. The molecule has 0 heterocycles. The number of nitrogens with one attached hydrogen (secondary N) is 3. The molecule has 31 heavy (non-hydrogen) atoms. The first kappa shape index (κ1) is 22.4. The highest BCUT2D eigenvalue weighted by Crippen LogP contribution is 2.25. The Balaban J connectivity index is 1.43. The summed E-state index contributed by atoms with van der Waals surface area (Å²) < 4.78 is 5.11. The lowest BCUT2D eigenvalue weighted by molar-refractivity contribution is -0.123. The van der Waals surface area contributed by atoms with Gasteiger partial charge in [0, 0.05) is 24.0 Å². The van der Waals surface area contributed by atoms with E-state index in [2.05, 4.69) is 16.0 Å². The summed E-state index contributed by atoms with van der Waals surface area (Å²) in [6.07, 6.45) is 8.39. The van der Waals surface area contributed by atoms with Crippen molar-refractivity contribution < 1.29 is 14.3 Å². The molecular formula is C25H31N3O3. The zero-order valence-corrected chi connectivity index (χ0v) is 18.2. The number of methoxy groups -OCH3 is 1. The van der Waals surface area contributed by atoms with Crippen molar-refractivity contribution >= 4 is 29.3 Å². The molecule has 3 N–H and O–H groups in total. The number of carbonyl (C=O) groups excluding carboxylic acids is 2. The Morgan fingerprint density at radius 2 is 1.68 bits per heavy atom. The smallest absolute Gasteiger partial charge is 0.246 e.